The minimum atomic E-state index is -0.431. The first-order valence-electron chi connectivity index (χ1n) is 8.25. The average Bonchev–Trinajstić information content (AvgIpc) is 3.10. The summed E-state index contributed by atoms with van der Waals surface area (Å²) in [6.07, 6.45) is 0. The van der Waals surface area contributed by atoms with Gasteiger partial charge in [-0.1, -0.05) is 23.2 Å². The predicted molar refractivity (Wildman–Crippen MR) is 115 cm³/mol. The monoisotopic (exact) mass is 434 g/mol. The Balaban J connectivity index is 1.68. The van der Waals surface area contributed by atoms with E-state index in [4.69, 9.17) is 44.9 Å². The van der Waals surface area contributed by atoms with Gasteiger partial charge in [0.1, 0.15) is 18.1 Å². The molecule has 144 valence electrons. The maximum Gasteiger partial charge on any atom is 0.258 e. The molecule has 0 saturated heterocycles. The number of anilines is 1. The van der Waals surface area contributed by atoms with Gasteiger partial charge in [-0.15, -0.1) is 0 Å². The van der Waals surface area contributed by atoms with E-state index < -0.39 is 5.91 Å². The van der Waals surface area contributed by atoms with E-state index in [-0.39, 0.29) is 22.3 Å². The van der Waals surface area contributed by atoms with Crippen molar-refractivity contribution < 1.29 is 14.3 Å². The molecule has 0 unspecified atom stereocenters. The molecule has 1 heterocycles. The van der Waals surface area contributed by atoms with Gasteiger partial charge in [-0.2, -0.15) is 0 Å². The highest BCUT2D eigenvalue weighted by Crippen LogP contribution is 2.28. The zero-order valence-electron chi connectivity index (χ0n) is 14.8. The van der Waals surface area contributed by atoms with Gasteiger partial charge in [-0.3, -0.25) is 10.1 Å². The molecule has 2 aromatic carbocycles. The molecular weight excluding hydrogens is 419 g/mol. The number of carbonyl (C=O) groups excluding carboxylic acids is 1. The van der Waals surface area contributed by atoms with Gasteiger partial charge in [0, 0.05) is 16.3 Å². The molecule has 5 nitrogen and oxygen atoms in total. The van der Waals surface area contributed by atoms with Crippen molar-refractivity contribution in [1.82, 2.24) is 5.32 Å². The van der Waals surface area contributed by atoms with Crippen LogP contribution in [-0.2, 0) is 6.61 Å². The molecule has 0 aliphatic heterocycles. The number of aryl methyl sites for hydroxylation is 1. The standard InChI is InChI=1S/C20H16Cl2N2O3S/c1-11-8-13(3-6-15(11)18-7-4-14(10-25)27-18)23-20(28)24-19(26)16-5-2-12(21)9-17(16)22/h2-9,25H,10H2,1H3,(H2,23,24,26,28). The molecule has 3 rings (SSSR count). The molecule has 0 atom stereocenters. The van der Waals surface area contributed by atoms with Crippen molar-refractivity contribution in [2.75, 3.05) is 5.32 Å². The summed E-state index contributed by atoms with van der Waals surface area (Å²) >= 11 is 17.1. The van der Waals surface area contributed by atoms with E-state index in [0.717, 1.165) is 11.1 Å². The third-order valence-electron chi connectivity index (χ3n) is 3.97. The maximum absolute atomic E-state index is 12.3. The number of carbonyl (C=O) groups is 1. The summed E-state index contributed by atoms with van der Waals surface area (Å²) in [7, 11) is 0. The number of aliphatic hydroxyl groups is 1. The molecule has 28 heavy (non-hydrogen) atoms. The summed E-state index contributed by atoms with van der Waals surface area (Å²) in [5.41, 5.74) is 2.83. The lowest BCUT2D eigenvalue weighted by atomic mass is 10.1. The number of halogens is 2. The van der Waals surface area contributed by atoms with Crippen LogP contribution in [0.25, 0.3) is 11.3 Å². The molecule has 1 aromatic heterocycles. The van der Waals surface area contributed by atoms with Crippen LogP contribution in [0.15, 0.2) is 52.9 Å². The van der Waals surface area contributed by atoms with Gasteiger partial charge >= 0.3 is 0 Å². The zero-order chi connectivity index (χ0) is 20.3. The fraction of sp³-hybridized carbons (Fsp3) is 0.100. The minimum Gasteiger partial charge on any atom is -0.459 e. The van der Waals surface area contributed by atoms with Crippen LogP contribution in [0.4, 0.5) is 5.69 Å². The molecule has 0 radical (unpaired) electrons. The van der Waals surface area contributed by atoms with Crippen molar-refractivity contribution >= 4 is 52.1 Å². The van der Waals surface area contributed by atoms with Gasteiger partial charge in [0.25, 0.3) is 5.91 Å². The Morgan fingerprint density at radius 1 is 1.14 bits per heavy atom. The van der Waals surface area contributed by atoms with E-state index in [1.807, 2.05) is 31.2 Å². The first-order valence-corrected chi connectivity index (χ1v) is 9.42. The zero-order valence-corrected chi connectivity index (χ0v) is 17.1. The number of aliphatic hydroxyl groups excluding tert-OH is 1. The first-order chi connectivity index (χ1) is 13.4. The van der Waals surface area contributed by atoms with Crippen LogP contribution in [-0.4, -0.2) is 16.1 Å². The van der Waals surface area contributed by atoms with Crippen LogP contribution in [0, 0.1) is 6.92 Å². The fourth-order valence-electron chi connectivity index (χ4n) is 2.63. The first kappa shape index (κ1) is 20.4. The topological polar surface area (TPSA) is 74.5 Å². The Bertz CT molecular complexity index is 1050. The number of rotatable bonds is 4. The molecule has 0 aliphatic rings. The largest absolute Gasteiger partial charge is 0.459 e. The van der Waals surface area contributed by atoms with Crippen molar-refractivity contribution in [2.24, 2.45) is 0 Å². The number of nitrogens with one attached hydrogen (secondary N) is 2. The Labute approximate surface area is 177 Å². The van der Waals surface area contributed by atoms with Crippen LogP contribution >= 0.6 is 35.4 Å². The molecule has 0 fully saturated rings. The summed E-state index contributed by atoms with van der Waals surface area (Å²) in [6, 6.07) is 13.7. The fourth-order valence-corrected chi connectivity index (χ4v) is 3.34. The second kappa shape index (κ2) is 8.75. The second-order valence-electron chi connectivity index (χ2n) is 5.99. The molecule has 3 aromatic rings. The van der Waals surface area contributed by atoms with Gasteiger partial charge in [0.15, 0.2) is 5.11 Å². The van der Waals surface area contributed by atoms with E-state index in [1.54, 1.807) is 12.1 Å². The minimum absolute atomic E-state index is 0.142. The Kier molecular flexibility index (Phi) is 6.36. The van der Waals surface area contributed by atoms with Crippen LogP contribution in [0.5, 0.6) is 0 Å². The highest BCUT2D eigenvalue weighted by atomic mass is 35.5. The number of thiocarbonyl (C=S) groups is 1. The van der Waals surface area contributed by atoms with Crippen molar-refractivity contribution in [1.29, 1.82) is 0 Å². The highest BCUT2D eigenvalue weighted by molar-refractivity contribution is 7.80. The van der Waals surface area contributed by atoms with Gasteiger partial charge < -0.3 is 14.8 Å². The summed E-state index contributed by atoms with van der Waals surface area (Å²) in [4.78, 5) is 12.3. The van der Waals surface area contributed by atoms with E-state index in [1.165, 1.54) is 12.1 Å². The van der Waals surface area contributed by atoms with Gasteiger partial charge in [0.2, 0.25) is 0 Å². The lowest BCUT2D eigenvalue weighted by Gasteiger charge is -2.12. The Hall–Kier alpha value is -2.38. The van der Waals surface area contributed by atoms with Gasteiger partial charge in [-0.25, -0.2) is 0 Å². The number of benzene rings is 2. The van der Waals surface area contributed by atoms with Crippen molar-refractivity contribution in [3.63, 3.8) is 0 Å². The summed E-state index contributed by atoms with van der Waals surface area (Å²) in [5.74, 6) is 0.738. The van der Waals surface area contributed by atoms with Crippen LogP contribution in [0.2, 0.25) is 10.0 Å². The van der Waals surface area contributed by atoms with Crippen LogP contribution in [0.1, 0.15) is 21.7 Å². The number of amides is 1. The molecule has 3 N–H and O–H groups in total. The van der Waals surface area contributed by atoms with Crippen molar-refractivity contribution in [3.8, 4) is 11.3 Å². The average molecular weight is 435 g/mol. The molecule has 1 amide bonds. The summed E-state index contributed by atoms with van der Waals surface area (Å²) in [5, 5.41) is 15.5. The van der Waals surface area contributed by atoms with E-state index in [9.17, 15) is 4.79 Å². The van der Waals surface area contributed by atoms with E-state index in [2.05, 4.69) is 10.6 Å². The SMILES string of the molecule is Cc1cc(NC(=S)NC(=O)c2ccc(Cl)cc2Cl)ccc1-c1ccc(CO)o1. The predicted octanol–water partition coefficient (Wildman–Crippen LogP) is 5.18. The summed E-state index contributed by atoms with van der Waals surface area (Å²) < 4.78 is 5.57. The maximum atomic E-state index is 12.3. The van der Waals surface area contributed by atoms with Crippen LogP contribution < -0.4 is 10.6 Å². The highest BCUT2D eigenvalue weighted by Gasteiger charge is 2.13. The van der Waals surface area contributed by atoms with Crippen molar-refractivity contribution in [3.05, 3.63) is 75.5 Å². The van der Waals surface area contributed by atoms with Gasteiger partial charge in [-0.05, 0) is 73.2 Å². The second-order valence-corrected chi connectivity index (χ2v) is 7.24. The molecule has 8 heteroatoms. The Morgan fingerprint density at radius 3 is 2.57 bits per heavy atom. The van der Waals surface area contributed by atoms with E-state index >= 15 is 0 Å². The molecular formula is C20H16Cl2N2O3S. The molecule has 0 spiro atoms. The van der Waals surface area contributed by atoms with Crippen molar-refractivity contribution in [2.45, 2.75) is 13.5 Å². The van der Waals surface area contributed by atoms with Crippen LogP contribution in [0.3, 0.4) is 0 Å². The third kappa shape index (κ3) is 4.72. The molecule has 0 aliphatic carbocycles. The molecule has 0 saturated carbocycles. The quantitative estimate of drug-likeness (QED) is 0.493. The van der Waals surface area contributed by atoms with E-state index in [0.29, 0.717) is 22.2 Å². The normalized spacial score (nSPS) is 10.6. The third-order valence-corrected chi connectivity index (χ3v) is 4.72. The summed E-state index contributed by atoms with van der Waals surface area (Å²) in [6.45, 7) is 1.78. The number of hydrogen-bond donors (Lipinski definition) is 3. The smallest absolute Gasteiger partial charge is 0.258 e. The Morgan fingerprint density at radius 2 is 1.93 bits per heavy atom. The lowest BCUT2D eigenvalue weighted by molar-refractivity contribution is 0.0978. The number of furan rings is 1. The molecule has 0 bridgehead atoms. The number of hydrogen-bond acceptors (Lipinski definition) is 4. The lowest BCUT2D eigenvalue weighted by Crippen LogP contribution is -2.34. The van der Waals surface area contributed by atoms with Gasteiger partial charge in [0.05, 0.1) is 10.6 Å².